The Morgan fingerprint density at radius 1 is 1.17 bits per heavy atom. The van der Waals surface area contributed by atoms with Gasteiger partial charge in [-0.2, -0.15) is 4.09 Å². The first-order chi connectivity index (χ1) is 5.86. The number of aromatic nitrogens is 3. The maximum atomic E-state index is 4.00. The summed E-state index contributed by atoms with van der Waals surface area (Å²) in [6.45, 7) is 0. The third kappa shape index (κ3) is 1.33. The molecule has 1 aromatic carbocycles. The molecule has 1 aromatic heterocycles. The average Bonchev–Trinajstić information content (AvgIpc) is 2.54. The van der Waals surface area contributed by atoms with Crippen molar-refractivity contribution in [2.45, 2.75) is 0 Å². The maximum Gasteiger partial charge on any atom is 0.114 e. The molecule has 3 nitrogen and oxygen atoms in total. The lowest BCUT2D eigenvalue weighted by molar-refractivity contribution is 0.898. The van der Waals surface area contributed by atoms with Gasteiger partial charge in [0, 0.05) is 5.56 Å². The zero-order chi connectivity index (χ0) is 8.39. The van der Waals surface area contributed by atoms with E-state index in [-0.39, 0.29) is 0 Å². The molecule has 1 heterocycles. The number of benzene rings is 1. The third-order valence-corrected chi connectivity index (χ3v) is 1.75. The van der Waals surface area contributed by atoms with E-state index in [1.54, 1.807) is 6.20 Å². The second-order valence-electron chi connectivity index (χ2n) is 2.39. The van der Waals surface area contributed by atoms with Gasteiger partial charge in [0.15, 0.2) is 0 Å². The minimum Gasteiger partial charge on any atom is -0.196 e. The van der Waals surface area contributed by atoms with Gasteiger partial charge in [-0.05, 0) is 12.8 Å². The summed E-state index contributed by atoms with van der Waals surface area (Å²) in [5.41, 5.74) is 1.89. The third-order valence-electron chi connectivity index (χ3n) is 1.55. The number of hydrogen-bond donors (Lipinski definition) is 1. The van der Waals surface area contributed by atoms with E-state index >= 15 is 0 Å². The molecule has 4 heteroatoms. The van der Waals surface area contributed by atoms with Gasteiger partial charge in [0.2, 0.25) is 0 Å². The molecule has 60 valence electrons. The van der Waals surface area contributed by atoms with Crippen molar-refractivity contribution in [2.75, 3.05) is 0 Å². The van der Waals surface area contributed by atoms with Gasteiger partial charge in [0.1, 0.15) is 5.69 Å². The predicted molar refractivity (Wildman–Crippen MR) is 49.8 cm³/mol. The molecule has 0 aliphatic heterocycles. The molecule has 0 saturated heterocycles. The van der Waals surface area contributed by atoms with E-state index in [0.717, 1.165) is 11.3 Å². The highest BCUT2D eigenvalue weighted by Gasteiger charge is 1.99. The van der Waals surface area contributed by atoms with Crippen LogP contribution in [-0.4, -0.2) is 14.4 Å². The molecule has 0 saturated carbocycles. The van der Waals surface area contributed by atoms with E-state index in [2.05, 4.69) is 23.1 Å². The topological polar surface area (TPSA) is 30.7 Å². The summed E-state index contributed by atoms with van der Waals surface area (Å²) in [5, 5.41) is 7.65. The second kappa shape index (κ2) is 2.98. The molecular weight excluding hydrogens is 170 g/mol. The van der Waals surface area contributed by atoms with Crippen molar-refractivity contribution in [2.24, 2.45) is 0 Å². The predicted octanol–water partition coefficient (Wildman–Crippen LogP) is 1.64. The Labute approximate surface area is 75.6 Å². The van der Waals surface area contributed by atoms with Crippen molar-refractivity contribution in [3.8, 4) is 11.3 Å². The van der Waals surface area contributed by atoms with E-state index in [1.807, 2.05) is 30.3 Å². The van der Waals surface area contributed by atoms with Crippen molar-refractivity contribution >= 4 is 12.8 Å². The zero-order valence-electron chi connectivity index (χ0n) is 6.25. The Kier molecular flexibility index (Phi) is 1.83. The fourth-order valence-electron chi connectivity index (χ4n) is 0.996. The van der Waals surface area contributed by atoms with Gasteiger partial charge in [-0.15, -0.1) is 5.10 Å². The fourth-order valence-corrected chi connectivity index (χ4v) is 1.15. The van der Waals surface area contributed by atoms with Crippen LogP contribution in [-0.2, 0) is 0 Å². The lowest BCUT2D eigenvalue weighted by Crippen LogP contribution is -1.77. The van der Waals surface area contributed by atoms with Crippen LogP contribution in [0.5, 0.6) is 0 Å². The molecule has 2 aromatic rings. The van der Waals surface area contributed by atoms with Crippen molar-refractivity contribution in [3.63, 3.8) is 0 Å². The lowest BCUT2D eigenvalue weighted by atomic mass is 10.2. The molecule has 0 radical (unpaired) electrons. The molecule has 0 N–H and O–H groups in total. The first-order valence-electron chi connectivity index (χ1n) is 3.53. The van der Waals surface area contributed by atoms with Gasteiger partial charge < -0.3 is 0 Å². The highest BCUT2D eigenvalue weighted by molar-refractivity contribution is 7.78. The van der Waals surface area contributed by atoms with Crippen molar-refractivity contribution in [3.05, 3.63) is 36.5 Å². The summed E-state index contributed by atoms with van der Waals surface area (Å²) >= 11 is 4.00. The van der Waals surface area contributed by atoms with Gasteiger partial charge >= 0.3 is 0 Å². The van der Waals surface area contributed by atoms with Gasteiger partial charge in [-0.25, -0.2) is 0 Å². The fraction of sp³-hybridized carbons (Fsp3) is 0. The highest BCUT2D eigenvalue weighted by Crippen LogP contribution is 2.14. The summed E-state index contributed by atoms with van der Waals surface area (Å²) in [6, 6.07) is 9.87. The van der Waals surface area contributed by atoms with Crippen LogP contribution in [0.2, 0.25) is 0 Å². The Hall–Kier alpha value is -1.29. The standard InChI is InChI=1S/C8H7N3S/c12-11-6-8(9-10-11)7-4-2-1-3-5-7/h1-6,12H. The van der Waals surface area contributed by atoms with Crippen molar-refractivity contribution in [1.82, 2.24) is 14.4 Å². The largest absolute Gasteiger partial charge is 0.196 e. The Bertz CT molecular complexity index is 369. The molecule has 0 spiro atoms. The van der Waals surface area contributed by atoms with Gasteiger partial charge in [0.05, 0.1) is 6.20 Å². The molecule has 0 fully saturated rings. The van der Waals surface area contributed by atoms with Crippen LogP contribution in [0.15, 0.2) is 36.5 Å². The van der Waals surface area contributed by atoms with Crippen LogP contribution in [0, 0.1) is 0 Å². The zero-order valence-corrected chi connectivity index (χ0v) is 7.15. The van der Waals surface area contributed by atoms with E-state index in [0.29, 0.717) is 0 Å². The minimum atomic E-state index is 0.839. The SMILES string of the molecule is Sn1cc(-c2ccccc2)nn1. The molecule has 0 atom stereocenters. The molecule has 0 aliphatic carbocycles. The van der Waals surface area contributed by atoms with Crippen LogP contribution in [0.1, 0.15) is 0 Å². The maximum absolute atomic E-state index is 4.00. The number of rotatable bonds is 1. The quantitative estimate of drug-likeness (QED) is 0.671. The van der Waals surface area contributed by atoms with Crippen molar-refractivity contribution < 1.29 is 0 Å². The molecule has 0 aliphatic rings. The summed E-state index contributed by atoms with van der Waals surface area (Å²) in [6.07, 6.45) is 1.76. The van der Waals surface area contributed by atoms with Crippen LogP contribution >= 0.6 is 12.8 Å². The van der Waals surface area contributed by atoms with Crippen LogP contribution < -0.4 is 0 Å². The van der Waals surface area contributed by atoms with Gasteiger partial charge in [-0.3, -0.25) is 0 Å². The summed E-state index contributed by atoms with van der Waals surface area (Å²) < 4.78 is 1.39. The molecular formula is C8H7N3S. The monoisotopic (exact) mass is 177 g/mol. The average molecular weight is 177 g/mol. The molecule has 2 rings (SSSR count). The van der Waals surface area contributed by atoms with Crippen LogP contribution in [0.3, 0.4) is 0 Å². The molecule has 0 bridgehead atoms. The smallest absolute Gasteiger partial charge is 0.114 e. The van der Waals surface area contributed by atoms with Gasteiger partial charge in [-0.1, -0.05) is 35.5 Å². The first-order valence-corrected chi connectivity index (χ1v) is 3.93. The van der Waals surface area contributed by atoms with Crippen LogP contribution in [0.4, 0.5) is 0 Å². The van der Waals surface area contributed by atoms with Crippen LogP contribution in [0.25, 0.3) is 11.3 Å². The Morgan fingerprint density at radius 2 is 1.92 bits per heavy atom. The van der Waals surface area contributed by atoms with E-state index in [4.69, 9.17) is 0 Å². The van der Waals surface area contributed by atoms with Gasteiger partial charge in [0.25, 0.3) is 0 Å². The van der Waals surface area contributed by atoms with Crippen molar-refractivity contribution in [1.29, 1.82) is 0 Å². The Morgan fingerprint density at radius 3 is 2.50 bits per heavy atom. The van der Waals surface area contributed by atoms with E-state index in [9.17, 15) is 0 Å². The van der Waals surface area contributed by atoms with E-state index < -0.39 is 0 Å². The lowest BCUT2D eigenvalue weighted by Gasteiger charge is -1.91. The first kappa shape index (κ1) is 7.36. The molecule has 0 amide bonds. The molecule has 12 heavy (non-hydrogen) atoms. The number of nitrogens with zero attached hydrogens (tertiary/aromatic N) is 3. The number of thiol groups is 1. The summed E-state index contributed by atoms with van der Waals surface area (Å²) in [4.78, 5) is 0. The summed E-state index contributed by atoms with van der Waals surface area (Å²) in [5.74, 6) is 0. The van der Waals surface area contributed by atoms with E-state index in [1.165, 1.54) is 4.09 Å². The molecule has 0 unspecified atom stereocenters. The number of hydrogen-bond acceptors (Lipinski definition) is 3. The second-order valence-corrected chi connectivity index (χ2v) is 2.80. The Balaban J connectivity index is 2.45. The minimum absolute atomic E-state index is 0.839. The normalized spacial score (nSPS) is 10.1. The highest BCUT2D eigenvalue weighted by atomic mass is 32.1. The summed E-state index contributed by atoms with van der Waals surface area (Å²) in [7, 11) is 0.